The monoisotopic (exact) mass is 331 g/mol. The second kappa shape index (κ2) is 9.65. The van der Waals surface area contributed by atoms with Crippen LogP contribution in [0.4, 0.5) is 5.13 Å². The fourth-order valence-electron chi connectivity index (χ4n) is 3.03. The Morgan fingerprint density at radius 1 is 1.19 bits per heavy atom. The summed E-state index contributed by atoms with van der Waals surface area (Å²) in [6.07, 6.45) is 7.33. The van der Waals surface area contributed by atoms with Crippen molar-refractivity contribution >= 4 is 28.9 Å². The highest BCUT2D eigenvalue weighted by Crippen LogP contribution is 2.31. The quantitative estimate of drug-likeness (QED) is 0.766. The molecule has 2 rings (SSSR count). The summed E-state index contributed by atoms with van der Waals surface area (Å²) in [6.45, 7) is 10.3. The van der Waals surface area contributed by atoms with E-state index in [0.717, 1.165) is 30.6 Å². The average molecular weight is 332 g/mol. The number of nitrogens with one attached hydrogen (secondary N) is 1. The minimum Gasteiger partial charge on any atom is -0.362 e. The van der Waals surface area contributed by atoms with Gasteiger partial charge in [0, 0.05) is 17.5 Å². The highest BCUT2D eigenvalue weighted by molar-refractivity contribution is 7.15. The van der Waals surface area contributed by atoms with E-state index in [1.807, 2.05) is 11.3 Å². The number of rotatable bonds is 8. The van der Waals surface area contributed by atoms with E-state index in [0.29, 0.717) is 0 Å². The molecule has 0 spiro atoms. The molecule has 1 aliphatic rings. The van der Waals surface area contributed by atoms with Gasteiger partial charge in [0.05, 0.1) is 5.69 Å². The largest absolute Gasteiger partial charge is 0.362 e. The van der Waals surface area contributed by atoms with Crippen LogP contribution in [0, 0.1) is 0 Å². The summed E-state index contributed by atoms with van der Waals surface area (Å²) in [7, 11) is 0. The van der Waals surface area contributed by atoms with E-state index in [2.05, 4.69) is 31.0 Å². The summed E-state index contributed by atoms with van der Waals surface area (Å²) in [5, 5.41) is 4.57. The third-order valence-electron chi connectivity index (χ3n) is 3.98. The number of hydrogen-bond donors (Lipinski definition) is 1. The highest BCUT2D eigenvalue weighted by atomic mass is 35.5. The Morgan fingerprint density at radius 3 is 2.52 bits per heavy atom. The SMILES string of the molecule is CCCNc1nc2c(s1)C[C@@H](N(CCC)CCC)CC2.Cl. The first-order valence-corrected chi connectivity index (χ1v) is 9.06. The fourth-order valence-corrected chi connectivity index (χ4v) is 4.13. The van der Waals surface area contributed by atoms with Crippen molar-refractivity contribution in [3.05, 3.63) is 10.6 Å². The molecule has 1 N–H and O–H groups in total. The molecule has 21 heavy (non-hydrogen) atoms. The summed E-state index contributed by atoms with van der Waals surface area (Å²) in [5.41, 5.74) is 1.36. The van der Waals surface area contributed by atoms with Crippen molar-refractivity contribution in [1.29, 1.82) is 0 Å². The van der Waals surface area contributed by atoms with Crippen LogP contribution in [0.5, 0.6) is 0 Å². The molecule has 122 valence electrons. The Kier molecular flexibility index (Phi) is 8.60. The van der Waals surface area contributed by atoms with Gasteiger partial charge < -0.3 is 10.2 Å². The van der Waals surface area contributed by atoms with E-state index >= 15 is 0 Å². The lowest BCUT2D eigenvalue weighted by Crippen LogP contribution is -2.40. The van der Waals surface area contributed by atoms with Gasteiger partial charge >= 0.3 is 0 Å². The molecule has 1 aliphatic carbocycles. The number of thiazole rings is 1. The normalized spacial score (nSPS) is 17.4. The van der Waals surface area contributed by atoms with Crippen molar-refractivity contribution < 1.29 is 0 Å². The Hall–Kier alpha value is -0.320. The van der Waals surface area contributed by atoms with Gasteiger partial charge in [0.15, 0.2) is 5.13 Å². The van der Waals surface area contributed by atoms with Crippen LogP contribution in [0.1, 0.15) is 57.0 Å². The Bertz CT molecular complexity index is 402. The van der Waals surface area contributed by atoms with Gasteiger partial charge in [-0.1, -0.05) is 20.8 Å². The summed E-state index contributed by atoms with van der Waals surface area (Å²) in [6, 6.07) is 0.738. The summed E-state index contributed by atoms with van der Waals surface area (Å²) >= 11 is 1.88. The van der Waals surface area contributed by atoms with Crippen molar-refractivity contribution in [2.75, 3.05) is 25.0 Å². The second-order valence-electron chi connectivity index (χ2n) is 5.75. The zero-order valence-electron chi connectivity index (χ0n) is 13.7. The predicted molar refractivity (Wildman–Crippen MR) is 96.1 cm³/mol. The van der Waals surface area contributed by atoms with Crippen molar-refractivity contribution in [3.63, 3.8) is 0 Å². The predicted octanol–water partition coefficient (Wildman–Crippen LogP) is 4.37. The second-order valence-corrected chi connectivity index (χ2v) is 6.83. The summed E-state index contributed by atoms with van der Waals surface area (Å²) < 4.78 is 0. The van der Waals surface area contributed by atoms with Gasteiger partial charge in [-0.2, -0.15) is 0 Å². The van der Waals surface area contributed by atoms with E-state index in [4.69, 9.17) is 4.98 Å². The molecule has 0 fully saturated rings. The minimum absolute atomic E-state index is 0. The third kappa shape index (κ3) is 5.11. The molecule has 3 nitrogen and oxygen atoms in total. The maximum Gasteiger partial charge on any atom is 0.183 e. The van der Waals surface area contributed by atoms with E-state index in [9.17, 15) is 0 Å². The molecule has 1 aromatic heterocycles. The third-order valence-corrected chi connectivity index (χ3v) is 5.06. The number of aryl methyl sites for hydroxylation is 1. The molecule has 0 unspecified atom stereocenters. The number of fused-ring (bicyclic) bond motifs is 1. The lowest BCUT2D eigenvalue weighted by atomic mass is 9.96. The first kappa shape index (κ1) is 18.7. The van der Waals surface area contributed by atoms with Crippen molar-refractivity contribution in [2.45, 2.75) is 65.3 Å². The summed E-state index contributed by atoms with van der Waals surface area (Å²) in [5.74, 6) is 0. The van der Waals surface area contributed by atoms with Crippen LogP contribution in [0.15, 0.2) is 0 Å². The van der Waals surface area contributed by atoms with Gasteiger partial charge in [0.1, 0.15) is 0 Å². The molecule has 1 atom stereocenters. The maximum atomic E-state index is 4.76. The van der Waals surface area contributed by atoms with E-state index in [-0.39, 0.29) is 12.4 Å². The van der Waals surface area contributed by atoms with Gasteiger partial charge in [-0.05, 0) is 51.6 Å². The number of anilines is 1. The van der Waals surface area contributed by atoms with Crippen molar-refractivity contribution in [1.82, 2.24) is 9.88 Å². The van der Waals surface area contributed by atoms with Crippen LogP contribution in [-0.2, 0) is 12.8 Å². The Morgan fingerprint density at radius 2 is 1.90 bits per heavy atom. The van der Waals surface area contributed by atoms with E-state index in [1.165, 1.54) is 49.3 Å². The summed E-state index contributed by atoms with van der Waals surface area (Å²) in [4.78, 5) is 8.98. The van der Waals surface area contributed by atoms with Crippen LogP contribution >= 0.6 is 23.7 Å². The number of aromatic nitrogens is 1. The van der Waals surface area contributed by atoms with Crippen LogP contribution in [0.2, 0.25) is 0 Å². The van der Waals surface area contributed by atoms with E-state index < -0.39 is 0 Å². The molecule has 0 saturated carbocycles. The average Bonchev–Trinajstić information content (AvgIpc) is 2.86. The molecular weight excluding hydrogens is 302 g/mol. The zero-order chi connectivity index (χ0) is 14.4. The van der Waals surface area contributed by atoms with Crippen LogP contribution < -0.4 is 5.32 Å². The van der Waals surface area contributed by atoms with E-state index in [1.54, 1.807) is 0 Å². The molecular formula is C16H30ClN3S. The van der Waals surface area contributed by atoms with Crippen LogP contribution in [0.25, 0.3) is 0 Å². The van der Waals surface area contributed by atoms with Gasteiger partial charge in [0.2, 0.25) is 0 Å². The van der Waals surface area contributed by atoms with Gasteiger partial charge in [-0.15, -0.1) is 23.7 Å². The Balaban J connectivity index is 0.00000220. The molecule has 0 amide bonds. The molecule has 0 aliphatic heterocycles. The lowest BCUT2D eigenvalue weighted by molar-refractivity contribution is 0.180. The standard InChI is InChI=1S/C16H29N3S.ClH/c1-4-9-17-16-18-14-8-7-13(12-15(14)20-16)19(10-5-2)11-6-3;/h13H,4-12H2,1-3H3,(H,17,18);1H/t13-;/m0./s1. The lowest BCUT2D eigenvalue weighted by Gasteiger charge is -2.33. The smallest absolute Gasteiger partial charge is 0.183 e. The maximum absolute atomic E-state index is 4.76. The molecule has 1 heterocycles. The molecule has 1 aromatic rings. The van der Waals surface area contributed by atoms with Crippen LogP contribution in [-0.4, -0.2) is 35.6 Å². The van der Waals surface area contributed by atoms with Crippen LogP contribution in [0.3, 0.4) is 0 Å². The van der Waals surface area contributed by atoms with Gasteiger partial charge in [-0.3, -0.25) is 0 Å². The molecule has 0 saturated heterocycles. The minimum atomic E-state index is 0. The van der Waals surface area contributed by atoms with Gasteiger partial charge in [-0.25, -0.2) is 4.98 Å². The van der Waals surface area contributed by atoms with Crippen molar-refractivity contribution in [2.24, 2.45) is 0 Å². The topological polar surface area (TPSA) is 28.2 Å². The Labute approximate surface area is 139 Å². The molecule has 5 heteroatoms. The molecule has 0 radical (unpaired) electrons. The van der Waals surface area contributed by atoms with Gasteiger partial charge in [0.25, 0.3) is 0 Å². The molecule has 0 bridgehead atoms. The van der Waals surface area contributed by atoms with Crippen molar-refractivity contribution in [3.8, 4) is 0 Å². The molecule has 0 aromatic carbocycles. The number of halogens is 1. The number of nitrogens with zero attached hydrogens (tertiary/aromatic N) is 2. The first-order valence-electron chi connectivity index (χ1n) is 8.24. The zero-order valence-corrected chi connectivity index (χ0v) is 15.3. The first-order chi connectivity index (χ1) is 9.78. The highest BCUT2D eigenvalue weighted by Gasteiger charge is 2.26. The number of hydrogen-bond acceptors (Lipinski definition) is 4. The fraction of sp³-hybridized carbons (Fsp3) is 0.812.